The predicted octanol–water partition coefficient (Wildman–Crippen LogP) is 3.76. The number of hydrogen-bond donors (Lipinski definition) is 1. The summed E-state index contributed by atoms with van der Waals surface area (Å²) < 4.78 is 5.48. The highest BCUT2D eigenvalue weighted by Gasteiger charge is 2.01. The molecule has 94 valence electrons. The first kappa shape index (κ1) is 12.7. The van der Waals surface area contributed by atoms with Crippen LogP contribution in [-0.4, -0.2) is 5.71 Å². The van der Waals surface area contributed by atoms with Crippen molar-refractivity contribution in [2.24, 2.45) is 5.10 Å². The number of hydrogen-bond acceptors (Lipinski definition) is 3. The van der Waals surface area contributed by atoms with Gasteiger partial charge < -0.3 is 9.84 Å². The lowest BCUT2D eigenvalue weighted by Gasteiger charge is -2.02. The number of halogens is 1. The average molecular weight is 263 g/mol. The Labute approximate surface area is 111 Å². The van der Waals surface area contributed by atoms with Crippen LogP contribution < -0.4 is 5.43 Å². The third-order valence-electron chi connectivity index (χ3n) is 2.54. The summed E-state index contributed by atoms with van der Waals surface area (Å²) >= 11 is 5.82. The molecule has 0 spiro atoms. The van der Waals surface area contributed by atoms with Crippen LogP contribution in [0.15, 0.2) is 45.9 Å². The fraction of sp³-hybridized carbons (Fsp3) is 0.214. The van der Waals surface area contributed by atoms with Crippen LogP contribution in [0.4, 0.5) is 0 Å². The zero-order valence-corrected chi connectivity index (χ0v) is 11.2. The quantitative estimate of drug-likeness (QED) is 0.673. The van der Waals surface area contributed by atoms with Gasteiger partial charge in [0.1, 0.15) is 11.5 Å². The molecule has 1 N–H and O–H groups in total. The molecule has 0 saturated carbocycles. The fourth-order valence-electron chi connectivity index (χ4n) is 1.54. The van der Waals surface area contributed by atoms with Gasteiger partial charge in [-0.2, -0.15) is 5.10 Å². The maximum Gasteiger partial charge on any atom is 0.149 e. The molecule has 3 nitrogen and oxygen atoms in total. The molecule has 0 aliphatic heterocycles. The molecule has 18 heavy (non-hydrogen) atoms. The van der Waals surface area contributed by atoms with E-state index in [1.54, 1.807) is 0 Å². The van der Waals surface area contributed by atoms with E-state index >= 15 is 0 Å². The van der Waals surface area contributed by atoms with E-state index in [9.17, 15) is 0 Å². The third kappa shape index (κ3) is 3.37. The lowest BCUT2D eigenvalue weighted by molar-refractivity contribution is 0.524. The van der Waals surface area contributed by atoms with Gasteiger partial charge in [0.05, 0.1) is 12.3 Å². The van der Waals surface area contributed by atoms with E-state index in [0.29, 0.717) is 6.54 Å². The highest BCUT2D eigenvalue weighted by molar-refractivity contribution is 6.30. The highest BCUT2D eigenvalue weighted by Crippen LogP contribution is 2.10. The molecule has 0 fully saturated rings. The number of rotatable bonds is 4. The molecule has 0 aliphatic carbocycles. The van der Waals surface area contributed by atoms with Crippen LogP contribution in [-0.2, 0) is 6.54 Å². The Morgan fingerprint density at radius 1 is 1.22 bits per heavy atom. The SMILES string of the molecule is C/C(=N/NCc1ccc(Cl)cc1)c1ccc(C)o1. The van der Waals surface area contributed by atoms with Gasteiger partial charge in [0.25, 0.3) is 0 Å². The Morgan fingerprint density at radius 3 is 2.56 bits per heavy atom. The van der Waals surface area contributed by atoms with Crippen LogP contribution >= 0.6 is 11.6 Å². The average Bonchev–Trinajstić information content (AvgIpc) is 2.78. The van der Waals surface area contributed by atoms with Gasteiger partial charge in [-0.25, -0.2) is 0 Å². The van der Waals surface area contributed by atoms with Crippen LogP contribution in [0, 0.1) is 6.92 Å². The molecule has 2 rings (SSSR count). The minimum absolute atomic E-state index is 0.661. The standard InChI is InChI=1S/C14H15ClN2O/c1-10-3-8-14(18-10)11(2)17-16-9-12-4-6-13(15)7-5-12/h3-8,16H,9H2,1-2H3/b17-11-. The monoisotopic (exact) mass is 262 g/mol. The van der Waals surface area contributed by atoms with Crippen LogP contribution in [0.2, 0.25) is 5.02 Å². The van der Waals surface area contributed by atoms with Crippen LogP contribution in [0.1, 0.15) is 24.0 Å². The van der Waals surface area contributed by atoms with Gasteiger partial charge >= 0.3 is 0 Å². The Kier molecular flexibility index (Phi) is 4.05. The molecule has 2 aromatic rings. The molecule has 0 aliphatic rings. The molecular weight excluding hydrogens is 248 g/mol. The van der Waals surface area contributed by atoms with Crippen molar-refractivity contribution in [1.29, 1.82) is 0 Å². The van der Waals surface area contributed by atoms with Crippen molar-refractivity contribution >= 4 is 17.3 Å². The van der Waals surface area contributed by atoms with Crippen molar-refractivity contribution in [2.75, 3.05) is 0 Å². The van der Waals surface area contributed by atoms with Crippen LogP contribution in [0.3, 0.4) is 0 Å². The van der Waals surface area contributed by atoms with Crippen LogP contribution in [0.25, 0.3) is 0 Å². The van der Waals surface area contributed by atoms with Crippen molar-refractivity contribution in [3.05, 3.63) is 58.5 Å². The molecule has 0 amide bonds. The normalized spacial score (nSPS) is 11.6. The number of nitrogens with one attached hydrogen (secondary N) is 1. The topological polar surface area (TPSA) is 37.5 Å². The summed E-state index contributed by atoms with van der Waals surface area (Å²) in [6.45, 7) is 4.49. The van der Waals surface area contributed by atoms with E-state index in [2.05, 4.69) is 10.5 Å². The zero-order chi connectivity index (χ0) is 13.0. The maximum absolute atomic E-state index is 5.82. The van der Waals surface area contributed by atoms with Crippen molar-refractivity contribution in [3.8, 4) is 0 Å². The van der Waals surface area contributed by atoms with Gasteiger partial charge in [-0.05, 0) is 43.7 Å². The Balaban J connectivity index is 1.93. The number of nitrogens with zero attached hydrogens (tertiary/aromatic N) is 1. The first-order valence-corrected chi connectivity index (χ1v) is 6.11. The van der Waals surface area contributed by atoms with E-state index in [4.69, 9.17) is 16.0 Å². The molecule has 4 heteroatoms. The first-order chi connectivity index (χ1) is 8.65. The van der Waals surface area contributed by atoms with Gasteiger partial charge in [-0.1, -0.05) is 23.7 Å². The maximum atomic E-state index is 5.82. The third-order valence-corrected chi connectivity index (χ3v) is 2.79. The largest absolute Gasteiger partial charge is 0.460 e. The molecule has 1 heterocycles. The van der Waals surface area contributed by atoms with E-state index in [1.807, 2.05) is 50.2 Å². The van der Waals surface area contributed by atoms with E-state index in [0.717, 1.165) is 27.8 Å². The molecule has 0 radical (unpaired) electrons. The van der Waals surface area contributed by atoms with Gasteiger partial charge in [-0.3, -0.25) is 0 Å². The summed E-state index contributed by atoms with van der Waals surface area (Å²) in [6.07, 6.45) is 0. The van der Waals surface area contributed by atoms with E-state index in [1.165, 1.54) is 0 Å². The van der Waals surface area contributed by atoms with Gasteiger partial charge in [0.15, 0.2) is 0 Å². The summed E-state index contributed by atoms with van der Waals surface area (Å²) in [5.41, 5.74) is 4.98. The zero-order valence-electron chi connectivity index (χ0n) is 10.4. The van der Waals surface area contributed by atoms with Gasteiger partial charge in [0, 0.05) is 5.02 Å². The van der Waals surface area contributed by atoms with Crippen molar-refractivity contribution in [1.82, 2.24) is 5.43 Å². The molecule has 0 bridgehead atoms. The molecular formula is C14H15ClN2O. The molecule has 0 unspecified atom stereocenters. The number of benzene rings is 1. The molecule has 1 aromatic heterocycles. The van der Waals surface area contributed by atoms with E-state index < -0.39 is 0 Å². The summed E-state index contributed by atoms with van der Waals surface area (Å²) in [6, 6.07) is 11.5. The predicted molar refractivity (Wildman–Crippen MR) is 73.9 cm³/mol. The smallest absolute Gasteiger partial charge is 0.149 e. The molecule has 0 atom stereocenters. The fourth-order valence-corrected chi connectivity index (χ4v) is 1.66. The minimum Gasteiger partial charge on any atom is -0.460 e. The van der Waals surface area contributed by atoms with Crippen molar-refractivity contribution in [3.63, 3.8) is 0 Å². The second kappa shape index (κ2) is 5.74. The highest BCUT2D eigenvalue weighted by atomic mass is 35.5. The second-order valence-electron chi connectivity index (χ2n) is 4.07. The van der Waals surface area contributed by atoms with Crippen molar-refractivity contribution < 1.29 is 4.42 Å². The molecule has 1 aromatic carbocycles. The van der Waals surface area contributed by atoms with E-state index in [-0.39, 0.29) is 0 Å². The lowest BCUT2D eigenvalue weighted by atomic mass is 10.2. The summed E-state index contributed by atoms with van der Waals surface area (Å²) in [7, 11) is 0. The van der Waals surface area contributed by atoms with Crippen molar-refractivity contribution in [2.45, 2.75) is 20.4 Å². The van der Waals surface area contributed by atoms with Gasteiger partial charge in [-0.15, -0.1) is 0 Å². The number of aryl methyl sites for hydroxylation is 1. The number of hydrazone groups is 1. The second-order valence-corrected chi connectivity index (χ2v) is 4.51. The van der Waals surface area contributed by atoms with Gasteiger partial charge in [0.2, 0.25) is 0 Å². The Bertz CT molecular complexity index is 543. The summed E-state index contributed by atoms with van der Waals surface area (Å²) in [5, 5.41) is 5.01. The lowest BCUT2D eigenvalue weighted by Crippen LogP contribution is -2.08. The summed E-state index contributed by atoms with van der Waals surface area (Å²) in [4.78, 5) is 0. The van der Waals surface area contributed by atoms with Crippen LogP contribution in [0.5, 0.6) is 0 Å². The Morgan fingerprint density at radius 2 is 1.94 bits per heavy atom. The Hall–Kier alpha value is -1.74. The number of furan rings is 1. The summed E-state index contributed by atoms with van der Waals surface area (Å²) in [5.74, 6) is 1.67. The minimum atomic E-state index is 0.661. The first-order valence-electron chi connectivity index (χ1n) is 5.73. The molecule has 0 saturated heterocycles.